The fourth-order valence-corrected chi connectivity index (χ4v) is 4.25. The zero-order valence-electron chi connectivity index (χ0n) is 19.1. The van der Waals surface area contributed by atoms with Crippen molar-refractivity contribution >= 4 is 17.4 Å². The van der Waals surface area contributed by atoms with Gasteiger partial charge < -0.3 is 14.8 Å². The number of methoxy groups -OCH3 is 2. The minimum absolute atomic E-state index is 0.0321. The van der Waals surface area contributed by atoms with Crippen LogP contribution in [0.25, 0.3) is 5.69 Å². The first kappa shape index (κ1) is 22.3. The normalized spacial score (nSPS) is 14.4. The lowest BCUT2D eigenvalue weighted by atomic mass is 9.73. The van der Waals surface area contributed by atoms with Gasteiger partial charge in [-0.2, -0.15) is 0 Å². The first-order chi connectivity index (χ1) is 15.7. The Hall–Kier alpha value is -3.87. The molecular formula is C26H26N2O5. The van der Waals surface area contributed by atoms with Gasteiger partial charge in [0.1, 0.15) is 17.1 Å². The van der Waals surface area contributed by atoms with Gasteiger partial charge >= 0.3 is 0 Å². The van der Waals surface area contributed by atoms with E-state index in [1.807, 2.05) is 19.9 Å². The highest BCUT2D eigenvalue weighted by atomic mass is 16.5. The number of fused-ring (bicyclic) bond motifs is 1. The van der Waals surface area contributed by atoms with E-state index in [0.717, 1.165) is 0 Å². The van der Waals surface area contributed by atoms with Crippen molar-refractivity contribution in [3.63, 3.8) is 0 Å². The average molecular weight is 447 g/mol. The molecule has 1 amide bonds. The van der Waals surface area contributed by atoms with E-state index in [-0.39, 0.29) is 16.8 Å². The zero-order chi connectivity index (χ0) is 23.8. The summed E-state index contributed by atoms with van der Waals surface area (Å²) in [5, 5.41) is 2.80. The second-order valence-electron chi connectivity index (χ2n) is 8.87. The largest absolute Gasteiger partial charge is 0.497 e. The topological polar surface area (TPSA) is 86.6 Å². The van der Waals surface area contributed by atoms with Crippen LogP contribution in [0.4, 0.5) is 5.69 Å². The Kier molecular flexibility index (Phi) is 5.80. The molecule has 1 N–H and O–H groups in total. The van der Waals surface area contributed by atoms with Gasteiger partial charge in [-0.1, -0.05) is 32.0 Å². The number of ether oxygens (including phenoxy) is 2. The molecule has 0 unspecified atom stereocenters. The van der Waals surface area contributed by atoms with E-state index in [1.165, 1.54) is 18.8 Å². The zero-order valence-corrected chi connectivity index (χ0v) is 19.1. The lowest BCUT2D eigenvalue weighted by Crippen LogP contribution is -2.37. The molecule has 1 heterocycles. The van der Waals surface area contributed by atoms with Gasteiger partial charge in [-0.15, -0.1) is 0 Å². The number of Topliss-reactive ketones (excluding diaryl/α,β-unsaturated/α-hetero) is 1. The van der Waals surface area contributed by atoms with Crippen molar-refractivity contribution < 1.29 is 19.1 Å². The van der Waals surface area contributed by atoms with E-state index >= 15 is 0 Å². The third kappa shape index (κ3) is 4.26. The van der Waals surface area contributed by atoms with E-state index < -0.39 is 11.5 Å². The Bertz CT molecular complexity index is 1290. The van der Waals surface area contributed by atoms with Gasteiger partial charge in [0.15, 0.2) is 5.78 Å². The molecule has 0 fully saturated rings. The summed E-state index contributed by atoms with van der Waals surface area (Å²) in [4.78, 5) is 40.1. The van der Waals surface area contributed by atoms with E-state index in [4.69, 9.17) is 9.47 Å². The van der Waals surface area contributed by atoms with Gasteiger partial charge in [0.2, 0.25) is 0 Å². The van der Waals surface area contributed by atoms with Crippen LogP contribution in [-0.4, -0.2) is 30.5 Å². The molecule has 0 bridgehead atoms. The molecule has 7 heteroatoms. The first-order valence-electron chi connectivity index (χ1n) is 10.6. The Morgan fingerprint density at radius 3 is 2.39 bits per heavy atom. The third-order valence-corrected chi connectivity index (χ3v) is 5.83. The molecule has 1 aliphatic rings. The molecule has 7 nitrogen and oxygen atoms in total. The van der Waals surface area contributed by atoms with Crippen LogP contribution in [0.1, 0.15) is 46.5 Å². The van der Waals surface area contributed by atoms with Crippen LogP contribution >= 0.6 is 0 Å². The van der Waals surface area contributed by atoms with Crippen molar-refractivity contribution in [2.24, 2.45) is 5.41 Å². The first-order valence-corrected chi connectivity index (χ1v) is 10.6. The van der Waals surface area contributed by atoms with Gasteiger partial charge in [0, 0.05) is 29.9 Å². The van der Waals surface area contributed by atoms with Crippen LogP contribution in [-0.2, 0) is 6.42 Å². The third-order valence-electron chi connectivity index (χ3n) is 5.83. The molecule has 0 atom stereocenters. The summed E-state index contributed by atoms with van der Waals surface area (Å²) in [6.07, 6.45) is 2.36. The maximum atomic E-state index is 13.6. The molecule has 0 aliphatic heterocycles. The molecule has 0 saturated carbocycles. The second-order valence-corrected chi connectivity index (χ2v) is 8.87. The second kappa shape index (κ2) is 8.58. The monoisotopic (exact) mass is 446 g/mol. The summed E-state index contributed by atoms with van der Waals surface area (Å²) >= 11 is 0. The van der Waals surface area contributed by atoms with Crippen LogP contribution in [0.3, 0.4) is 0 Å². The maximum Gasteiger partial charge on any atom is 0.268 e. The standard InChI is InChI=1S/C26H26N2O5/c1-26(2)13-18-19(21(29)14-26)15-28(16-8-6-5-7-9-16)25(31)23(18)24(30)27-20-11-10-17(32-3)12-22(20)33-4/h5-12,15H,13-14H2,1-4H3,(H,27,30). The van der Waals surface area contributed by atoms with Gasteiger partial charge in [0.25, 0.3) is 11.5 Å². The number of hydrogen-bond acceptors (Lipinski definition) is 5. The predicted molar refractivity (Wildman–Crippen MR) is 126 cm³/mol. The molecule has 1 aromatic heterocycles. The number of pyridine rings is 1. The number of nitrogens with one attached hydrogen (secondary N) is 1. The highest BCUT2D eigenvalue weighted by molar-refractivity contribution is 6.09. The summed E-state index contributed by atoms with van der Waals surface area (Å²) < 4.78 is 12.0. The molecule has 0 radical (unpaired) electrons. The summed E-state index contributed by atoms with van der Waals surface area (Å²) in [7, 11) is 3.02. The predicted octanol–water partition coefficient (Wildman–Crippen LogP) is 4.26. The Morgan fingerprint density at radius 1 is 1.00 bits per heavy atom. The summed E-state index contributed by atoms with van der Waals surface area (Å²) in [5.74, 6) is 0.297. The molecule has 170 valence electrons. The number of hydrogen-bond donors (Lipinski definition) is 1. The maximum absolute atomic E-state index is 13.6. The quantitative estimate of drug-likeness (QED) is 0.633. The van der Waals surface area contributed by atoms with Crippen molar-refractivity contribution in [1.29, 1.82) is 0 Å². The number of para-hydroxylation sites is 1. The van der Waals surface area contributed by atoms with Gasteiger partial charge in [0.05, 0.1) is 19.9 Å². The fraction of sp³-hybridized carbons (Fsp3) is 0.269. The van der Waals surface area contributed by atoms with Gasteiger partial charge in [-0.25, -0.2) is 0 Å². The number of benzene rings is 2. The average Bonchev–Trinajstić information content (AvgIpc) is 2.78. The van der Waals surface area contributed by atoms with Gasteiger partial charge in [-0.05, 0) is 41.7 Å². The molecule has 3 aromatic rings. The number of rotatable bonds is 5. The van der Waals surface area contributed by atoms with E-state index in [9.17, 15) is 14.4 Å². The summed E-state index contributed by atoms with van der Waals surface area (Å²) in [5.41, 5.74) is 1.00. The van der Waals surface area contributed by atoms with Crippen LogP contribution in [0.5, 0.6) is 11.5 Å². The molecule has 4 rings (SSSR count). The minimum Gasteiger partial charge on any atom is -0.497 e. The smallest absolute Gasteiger partial charge is 0.268 e. The van der Waals surface area contributed by atoms with Crippen molar-refractivity contribution in [2.45, 2.75) is 26.7 Å². The van der Waals surface area contributed by atoms with Crippen molar-refractivity contribution in [1.82, 2.24) is 4.57 Å². The number of nitrogens with zero attached hydrogens (tertiary/aromatic N) is 1. The lowest BCUT2D eigenvalue weighted by molar-refractivity contribution is 0.0910. The van der Waals surface area contributed by atoms with Crippen LogP contribution in [0.2, 0.25) is 0 Å². The molecule has 1 aliphatic carbocycles. The highest BCUT2D eigenvalue weighted by Crippen LogP contribution is 2.36. The summed E-state index contributed by atoms with van der Waals surface area (Å²) in [6, 6.07) is 13.9. The molecule has 0 saturated heterocycles. The Balaban J connectivity index is 1.88. The summed E-state index contributed by atoms with van der Waals surface area (Å²) in [6.45, 7) is 3.93. The highest BCUT2D eigenvalue weighted by Gasteiger charge is 2.36. The SMILES string of the molecule is COc1ccc(NC(=O)c2c3c(cn(-c4ccccc4)c2=O)C(=O)CC(C)(C)C3)c(OC)c1. The van der Waals surface area contributed by atoms with Crippen LogP contribution < -0.4 is 20.3 Å². The lowest BCUT2D eigenvalue weighted by Gasteiger charge is -2.31. The number of anilines is 1. The molecular weight excluding hydrogens is 420 g/mol. The van der Waals surface area contributed by atoms with Crippen LogP contribution in [0.15, 0.2) is 59.5 Å². The number of amides is 1. The van der Waals surface area contributed by atoms with E-state index in [0.29, 0.717) is 46.8 Å². The van der Waals surface area contributed by atoms with E-state index in [1.54, 1.807) is 48.7 Å². The Morgan fingerprint density at radius 2 is 1.73 bits per heavy atom. The van der Waals surface area contributed by atoms with Crippen molar-refractivity contribution in [3.05, 3.63) is 81.8 Å². The number of carbonyl (C=O) groups is 2. The van der Waals surface area contributed by atoms with Crippen molar-refractivity contribution in [2.75, 3.05) is 19.5 Å². The van der Waals surface area contributed by atoms with Crippen molar-refractivity contribution in [3.8, 4) is 17.2 Å². The van der Waals surface area contributed by atoms with Crippen LogP contribution in [0, 0.1) is 5.41 Å². The Labute approximate surface area is 192 Å². The number of aromatic nitrogens is 1. The molecule has 0 spiro atoms. The van der Waals surface area contributed by atoms with Gasteiger partial charge in [-0.3, -0.25) is 19.0 Å². The minimum atomic E-state index is -0.588. The number of carbonyl (C=O) groups excluding carboxylic acids is 2. The molecule has 33 heavy (non-hydrogen) atoms. The molecule has 2 aromatic carbocycles. The fourth-order valence-electron chi connectivity index (χ4n) is 4.25. The number of ketones is 1. The van der Waals surface area contributed by atoms with E-state index in [2.05, 4.69) is 5.32 Å².